The predicted octanol–water partition coefficient (Wildman–Crippen LogP) is 4.53. The van der Waals surface area contributed by atoms with Crippen LogP contribution in [0.4, 0.5) is 4.39 Å². The Kier molecular flexibility index (Phi) is 8.71. The monoisotopic (exact) mass is 517 g/mol. The van der Waals surface area contributed by atoms with E-state index in [1.165, 1.54) is 35.7 Å². The molecule has 35 heavy (non-hydrogen) atoms. The lowest BCUT2D eigenvalue weighted by atomic mass is 9.93. The number of esters is 2. The van der Waals surface area contributed by atoms with Crippen LogP contribution in [-0.2, 0) is 20.7 Å². The van der Waals surface area contributed by atoms with Crippen LogP contribution >= 0.6 is 22.9 Å². The number of ether oxygens (including phenoxy) is 1. The van der Waals surface area contributed by atoms with Crippen LogP contribution in [-0.4, -0.2) is 34.4 Å². The van der Waals surface area contributed by atoms with Gasteiger partial charge in [0.1, 0.15) is 11.9 Å². The number of aromatic nitrogens is 1. The van der Waals surface area contributed by atoms with Crippen molar-refractivity contribution in [2.45, 2.75) is 44.7 Å². The molecule has 0 aliphatic carbocycles. The van der Waals surface area contributed by atoms with Gasteiger partial charge in [0.2, 0.25) is 5.91 Å². The minimum atomic E-state index is -0.970. The first-order valence-corrected chi connectivity index (χ1v) is 12.0. The fourth-order valence-electron chi connectivity index (χ4n) is 3.50. The minimum Gasteiger partial charge on any atom is -0.388 e. The molecule has 0 unspecified atom stereocenters. The fraction of sp³-hybridized carbons (Fsp3) is 0.280. The number of hydrogen-bond donors (Lipinski definition) is 2. The topological polar surface area (TPSA) is 111 Å². The summed E-state index contributed by atoms with van der Waals surface area (Å²) in [6.45, 7) is 3.70. The number of nitrogens with two attached hydrogens (primary N) is 1. The first kappa shape index (κ1) is 26.5. The Morgan fingerprint density at radius 1 is 1.14 bits per heavy atom. The normalized spacial score (nSPS) is 12.2. The van der Waals surface area contributed by atoms with Gasteiger partial charge in [-0.3, -0.25) is 15.1 Å². The molecule has 1 aromatic carbocycles. The zero-order chi connectivity index (χ0) is 25.6. The number of carbonyl (C=O) groups excluding carboxylic acids is 3. The van der Waals surface area contributed by atoms with E-state index < -0.39 is 29.4 Å². The standard InChI is InChI=1S/C25H25ClFN3O4S/c1-25(2,13-15-3-6-17(27)7-4-15)30-19(9-12-22(28)31)24(33)34-23(32)16-5-8-18(29-14-16)20-10-11-21(26)35-20/h3-8,10-11,14,19,30H,9,12-13H2,1-2H3,(H2,28,31)/t19-/m0/s1. The van der Waals surface area contributed by atoms with Gasteiger partial charge in [-0.15, -0.1) is 11.3 Å². The lowest BCUT2D eigenvalue weighted by Gasteiger charge is -2.31. The van der Waals surface area contributed by atoms with Gasteiger partial charge in [0.05, 0.1) is 20.5 Å². The second kappa shape index (κ2) is 11.5. The number of benzene rings is 1. The van der Waals surface area contributed by atoms with Crippen LogP contribution in [0.2, 0.25) is 4.34 Å². The summed E-state index contributed by atoms with van der Waals surface area (Å²) in [5.74, 6) is -2.62. The summed E-state index contributed by atoms with van der Waals surface area (Å²) in [6, 6.07) is 11.8. The number of halogens is 2. The third kappa shape index (κ3) is 7.95. The van der Waals surface area contributed by atoms with E-state index in [-0.39, 0.29) is 24.2 Å². The molecule has 0 bridgehead atoms. The van der Waals surface area contributed by atoms with E-state index in [2.05, 4.69) is 10.3 Å². The van der Waals surface area contributed by atoms with Crippen LogP contribution in [0.3, 0.4) is 0 Å². The molecule has 10 heteroatoms. The maximum absolute atomic E-state index is 13.2. The zero-order valence-electron chi connectivity index (χ0n) is 19.2. The molecule has 0 fully saturated rings. The van der Waals surface area contributed by atoms with Crippen molar-refractivity contribution >= 4 is 40.8 Å². The number of pyridine rings is 1. The molecule has 3 aromatic rings. The highest BCUT2D eigenvalue weighted by atomic mass is 35.5. The number of nitrogens with one attached hydrogen (secondary N) is 1. The second-order valence-corrected chi connectivity index (χ2v) is 10.3. The van der Waals surface area contributed by atoms with Gasteiger partial charge in [0, 0.05) is 18.2 Å². The largest absolute Gasteiger partial charge is 0.388 e. The van der Waals surface area contributed by atoms with E-state index in [1.807, 2.05) is 19.9 Å². The highest BCUT2D eigenvalue weighted by Crippen LogP contribution is 2.29. The van der Waals surface area contributed by atoms with Gasteiger partial charge in [-0.05, 0) is 68.7 Å². The third-order valence-corrected chi connectivity index (χ3v) is 6.36. The van der Waals surface area contributed by atoms with Gasteiger partial charge in [0.25, 0.3) is 0 Å². The first-order chi connectivity index (χ1) is 16.5. The quantitative estimate of drug-likeness (QED) is 0.302. The molecular formula is C25H25ClFN3O4S. The van der Waals surface area contributed by atoms with Crippen molar-refractivity contribution in [3.05, 3.63) is 76.0 Å². The summed E-state index contributed by atoms with van der Waals surface area (Å²) in [5.41, 5.74) is 6.20. The van der Waals surface area contributed by atoms with Crippen LogP contribution in [0, 0.1) is 5.82 Å². The molecule has 2 heterocycles. The number of primary amides is 1. The van der Waals surface area contributed by atoms with Crippen LogP contribution in [0.15, 0.2) is 54.7 Å². The van der Waals surface area contributed by atoms with E-state index in [9.17, 15) is 18.8 Å². The molecule has 0 saturated carbocycles. The first-order valence-electron chi connectivity index (χ1n) is 10.8. The van der Waals surface area contributed by atoms with Gasteiger partial charge in [-0.2, -0.15) is 0 Å². The molecule has 0 spiro atoms. The van der Waals surface area contributed by atoms with E-state index in [4.69, 9.17) is 22.1 Å². The van der Waals surface area contributed by atoms with Crippen molar-refractivity contribution in [3.8, 4) is 10.6 Å². The van der Waals surface area contributed by atoms with Crippen molar-refractivity contribution in [1.82, 2.24) is 10.3 Å². The lowest BCUT2D eigenvalue weighted by molar-refractivity contribution is -0.141. The smallest absolute Gasteiger partial charge is 0.347 e. The molecule has 0 aliphatic rings. The average Bonchev–Trinajstić information content (AvgIpc) is 3.24. The summed E-state index contributed by atoms with van der Waals surface area (Å²) >= 11 is 7.30. The highest BCUT2D eigenvalue weighted by molar-refractivity contribution is 7.19. The fourth-order valence-corrected chi connectivity index (χ4v) is 4.52. The molecule has 1 atom stereocenters. The average molecular weight is 518 g/mol. The third-order valence-electron chi connectivity index (χ3n) is 5.11. The summed E-state index contributed by atoms with van der Waals surface area (Å²) in [4.78, 5) is 41.9. The molecule has 3 N–H and O–H groups in total. The number of rotatable bonds is 10. The summed E-state index contributed by atoms with van der Waals surface area (Å²) in [6.07, 6.45) is 1.75. The van der Waals surface area contributed by atoms with Crippen LogP contribution < -0.4 is 11.1 Å². The molecule has 1 amide bonds. The van der Waals surface area contributed by atoms with E-state index in [1.54, 1.807) is 24.3 Å². The molecule has 0 radical (unpaired) electrons. The minimum absolute atomic E-state index is 0.0462. The lowest BCUT2D eigenvalue weighted by Crippen LogP contribution is -2.51. The Bertz CT molecular complexity index is 1200. The van der Waals surface area contributed by atoms with Gasteiger partial charge < -0.3 is 10.5 Å². The van der Waals surface area contributed by atoms with Crippen molar-refractivity contribution in [2.75, 3.05) is 0 Å². The number of carbonyl (C=O) groups is 3. The molecule has 2 aromatic heterocycles. The van der Waals surface area contributed by atoms with Gasteiger partial charge in [0.15, 0.2) is 0 Å². The van der Waals surface area contributed by atoms with Gasteiger partial charge in [-0.1, -0.05) is 23.7 Å². The van der Waals surface area contributed by atoms with Crippen molar-refractivity contribution in [3.63, 3.8) is 0 Å². The predicted molar refractivity (Wildman–Crippen MR) is 133 cm³/mol. The Morgan fingerprint density at radius 3 is 2.43 bits per heavy atom. The van der Waals surface area contributed by atoms with Crippen LogP contribution in [0.25, 0.3) is 10.6 Å². The van der Waals surface area contributed by atoms with Crippen molar-refractivity contribution in [2.24, 2.45) is 5.73 Å². The van der Waals surface area contributed by atoms with Gasteiger partial charge in [-0.25, -0.2) is 14.0 Å². The highest BCUT2D eigenvalue weighted by Gasteiger charge is 2.30. The molecule has 0 saturated heterocycles. The molecule has 184 valence electrons. The molecule has 7 nitrogen and oxygen atoms in total. The molecule has 3 rings (SSSR count). The number of thiophene rings is 1. The van der Waals surface area contributed by atoms with Crippen LogP contribution in [0.5, 0.6) is 0 Å². The molecule has 0 aliphatic heterocycles. The second-order valence-electron chi connectivity index (χ2n) is 8.63. The summed E-state index contributed by atoms with van der Waals surface area (Å²) in [5, 5.41) is 3.15. The van der Waals surface area contributed by atoms with Crippen molar-refractivity contribution < 1.29 is 23.5 Å². The van der Waals surface area contributed by atoms with Gasteiger partial charge >= 0.3 is 11.9 Å². The summed E-state index contributed by atoms with van der Waals surface area (Å²) < 4.78 is 18.9. The number of nitrogens with zero attached hydrogens (tertiary/aromatic N) is 1. The zero-order valence-corrected chi connectivity index (χ0v) is 20.8. The maximum Gasteiger partial charge on any atom is 0.347 e. The Labute approximate surface area is 211 Å². The number of amides is 1. The van der Waals surface area contributed by atoms with E-state index in [0.29, 0.717) is 16.5 Å². The number of hydrogen-bond acceptors (Lipinski definition) is 7. The summed E-state index contributed by atoms with van der Waals surface area (Å²) in [7, 11) is 0. The molecular weight excluding hydrogens is 493 g/mol. The van der Waals surface area contributed by atoms with E-state index >= 15 is 0 Å². The van der Waals surface area contributed by atoms with Crippen molar-refractivity contribution in [1.29, 1.82) is 0 Å². The van der Waals surface area contributed by atoms with E-state index in [0.717, 1.165) is 10.4 Å². The maximum atomic E-state index is 13.2. The Hall–Kier alpha value is -3.14. The Balaban J connectivity index is 1.68. The Morgan fingerprint density at radius 2 is 1.86 bits per heavy atom. The SMILES string of the molecule is CC(C)(Cc1ccc(F)cc1)N[C@@H](CCC(N)=O)C(=O)OC(=O)c1ccc(-c2ccc(Cl)s2)nc1. The van der Waals surface area contributed by atoms with Crippen LogP contribution in [0.1, 0.15) is 42.6 Å².